The van der Waals surface area contributed by atoms with Crippen molar-refractivity contribution >= 4 is 18.3 Å². The van der Waals surface area contributed by atoms with Crippen LogP contribution in [-0.2, 0) is 11.2 Å². The number of ether oxygens (including phenoxy) is 1. The molecule has 128 valence electrons. The Morgan fingerprint density at radius 3 is 2.65 bits per heavy atom. The number of nitrogens with zero attached hydrogens (tertiary/aromatic N) is 1. The lowest BCUT2D eigenvalue weighted by Crippen LogP contribution is -2.43. The molecule has 4 nitrogen and oxygen atoms in total. The third-order valence-corrected chi connectivity index (χ3v) is 5.09. The number of hydrogen-bond donors (Lipinski definition) is 1. The second-order valence-electron chi connectivity index (χ2n) is 6.41. The number of methoxy groups -OCH3 is 1. The van der Waals surface area contributed by atoms with Crippen molar-refractivity contribution in [2.24, 2.45) is 5.92 Å². The summed E-state index contributed by atoms with van der Waals surface area (Å²) in [4.78, 5) is 14.5. The van der Waals surface area contributed by atoms with Crippen LogP contribution in [0.2, 0.25) is 0 Å². The summed E-state index contributed by atoms with van der Waals surface area (Å²) in [5, 5.41) is 3.61. The van der Waals surface area contributed by atoms with Gasteiger partial charge in [0.25, 0.3) is 0 Å². The maximum atomic E-state index is 12.5. The van der Waals surface area contributed by atoms with Crippen molar-refractivity contribution in [2.45, 2.75) is 38.1 Å². The van der Waals surface area contributed by atoms with Gasteiger partial charge in [0.05, 0.1) is 13.5 Å². The standard InChI is InChI=1S/C18H26N2O2.ClH/c1-22-17-7-3-2-5-15(17)13-18(21)20-11-8-14(9-12-20)16-6-4-10-19-16;/h2-3,5,7,14,16,19H,4,6,8-13H2,1H3;1H. The number of amides is 1. The van der Waals surface area contributed by atoms with Gasteiger partial charge < -0.3 is 15.0 Å². The maximum Gasteiger partial charge on any atom is 0.227 e. The fourth-order valence-electron chi connectivity index (χ4n) is 3.79. The molecule has 0 aromatic heterocycles. The maximum absolute atomic E-state index is 12.5. The Bertz CT molecular complexity index is 509. The number of hydrogen-bond acceptors (Lipinski definition) is 3. The van der Waals surface area contributed by atoms with Gasteiger partial charge in [-0.2, -0.15) is 0 Å². The molecule has 1 aromatic carbocycles. The minimum atomic E-state index is 0. The molecule has 2 fully saturated rings. The lowest BCUT2D eigenvalue weighted by molar-refractivity contribution is -0.132. The molecule has 1 N–H and O–H groups in total. The Hall–Kier alpha value is -1.26. The molecule has 0 spiro atoms. The van der Waals surface area contributed by atoms with Gasteiger partial charge in [-0.05, 0) is 44.2 Å². The number of rotatable bonds is 4. The molecule has 2 heterocycles. The van der Waals surface area contributed by atoms with Gasteiger partial charge >= 0.3 is 0 Å². The predicted octanol–water partition coefficient (Wildman–Crippen LogP) is 2.65. The molecular weight excluding hydrogens is 312 g/mol. The number of benzene rings is 1. The Kier molecular flexibility index (Phi) is 6.72. The first-order valence-electron chi connectivity index (χ1n) is 8.41. The average molecular weight is 339 g/mol. The molecule has 2 aliphatic heterocycles. The third-order valence-electron chi connectivity index (χ3n) is 5.09. The molecule has 1 atom stereocenters. The molecule has 1 unspecified atom stereocenters. The van der Waals surface area contributed by atoms with E-state index in [1.165, 1.54) is 12.8 Å². The van der Waals surface area contributed by atoms with E-state index in [2.05, 4.69) is 5.32 Å². The van der Waals surface area contributed by atoms with Crippen LogP contribution in [0.5, 0.6) is 5.75 Å². The Morgan fingerprint density at radius 2 is 2.00 bits per heavy atom. The van der Waals surface area contributed by atoms with Crippen LogP contribution in [-0.4, -0.2) is 43.6 Å². The zero-order valence-electron chi connectivity index (χ0n) is 13.8. The van der Waals surface area contributed by atoms with Gasteiger partial charge in [-0.1, -0.05) is 18.2 Å². The van der Waals surface area contributed by atoms with Crippen molar-refractivity contribution in [3.05, 3.63) is 29.8 Å². The summed E-state index contributed by atoms with van der Waals surface area (Å²) in [6.45, 7) is 2.96. The number of halogens is 1. The molecule has 3 rings (SSSR count). The van der Waals surface area contributed by atoms with Crippen LogP contribution in [0, 0.1) is 5.92 Å². The van der Waals surface area contributed by atoms with Crippen molar-refractivity contribution in [2.75, 3.05) is 26.7 Å². The summed E-state index contributed by atoms with van der Waals surface area (Å²) in [6.07, 6.45) is 5.32. The van der Waals surface area contributed by atoms with Gasteiger partial charge in [0, 0.05) is 24.7 Å². The zero-order chi connectivity index (χ0) is 15.4. The highest BCUT2D eigenvalue weighted by Gasteiger charge is 2.29. The van der Waals surface area contributed by atoms with Crippen LogP contribution in [0.25, 0.3) is 0 Å². The van der Waals surface area contributed by atoms with E-state index >= 15 is 0 Å². The highest BCUT2D eigenvalue weighted by atomic mass is 35.5. The predicted molar refractivity (Wildman–Crippen MR) is 94.3 cm³/mol. The summed E-state index contributed by atoms with van der Waals surface area (Å²) < 4.78 is 5.34. The van der Waals surface area contributed by atoms with E-state index in [0.717, 1.165) is 49.7 Å². The van der Waals surface area contributed by atoms with Crippen LogP contribution in [0.1, 0.15) is 31.2 Å². The van der Waals surface area contributed by atoms with Crippen molar-refractivity contribution < 1.29 is 9.53 Å². The second-order valence-corrected chi connectivity index (χ2v) is 6.41. The summed E-state index contributed by atoms with van der Waals surface area (Å²) in [7, 11) is 1.66. The minimum absolute atomic E-state index is 0. The van der Waals surface area contributed by atoms with Crippen LogP contribution in [0.4, 0.5) is 0 Å². The van der Waals surface area contributed by atoms with E-state index in [0.29, 0.717) is 12.5 Å². The number of carbonyl (C=O) groups excluding carboxylic acids is 1. The van der Waals surface area contributed by atoms with E-state index in [-0.39, 0.29) is 18.3 Å². The normalized spacial score (nSPS) is 21.8. The van der Waals surface area contributed by atoms with E-state index in [1.807, 2.05) is 29.2 Å². The van der Waals surface area contributed by atoms with E-state index in [9.17, 15) is 4.79 Å². The molecule has 5 heteroatoms. The van der Waals surface area contributed by atoms with Gasteiger partial charge in [0.2, 0.25) is 5.91 Å². The van der Waals surface area contributed by atoms with Crippen molar-refractivity contribution in [1.29, 1.82) is 0 Å². The fourth-order valence-corrected chi connectivity index (χ4v) is 3.79. The highest BCUT2D eigenvalue weighted by Crippen LogP contribution is 2.26. The Labute approximate surface area is 145 Å². The van der Waals surface area contributed by atoms with Gasteiger partial charge in [-0.15, -0.1) is 12.4 Å². The number of carbonyl (C=O) groups is 1. The molecule has 2 saturated heterocycles. The Morgan fingerprint density at radius 1 is 1.26 bits per heavy atom. The fraction of sp³-hybridized carbons (Fsp3) is 0.611. The summed E-state index contributed by atoms with van der Waals surface area (Å²) in [5.74, 6) is 1.78. The van der Waals surface area contributed by atoms with Crippen LogP contribution >= 0.6 is 12.4 Å². The molecular formula is C18H27ClN2O2. The van der Waals surface area contributed by atoms with E-state index in [4.69, 9.17) is 4.74 Å². The molecule has 1 aromatic rings. The van der Waals surface area contributed by atoms with Crippen molar-refractivity contribution in [3.63, 3.8) is 0 Å². The molecule has 23 heavy (non-hydrogen) atoms. The lowest BCUT2D eigenvalue weighted by Gasteiger charge is -2.35. The first kappa shape index (κ1) is 18.1. The van der Waals surface area contributed by atoms with Gasteiger partial charge in [0.1, 0.15) is 5.75 Å². The molecule has 2 aliphatic rings. The molecule has 0 saturated carbocycles. The minimum Gasteiger partial charge on any atom is -0.496 e. The zero-order valence-corrected chi connectivity index (χ0v) is 14.6. The molecule has 0 aliphatic carbocycles. The monoisotopic (exact) mass is 338 g/mol. The summed E-state index contributed by atoms with van der Waals surface area (Å²) >= 11 is 0. The van der Waals surface area contributed by atoms with E-state index < -0.39 is 0 Å². The SMILES string of the molecule is COc1ccccc1CC(=O)N1CCC(C2CCCN2)CC1.Cl. The van der Waals surface area contributed by atoms with Crippen LogP contribution in [0.15, 0.2) is 24.3 Å². The van der Waals surface area contributed by atoms with Gasteiger partial charge in [-0.25, -0.2) is 0 Å². The number of likely N-dealkylation sites (tertiary alicyclic amines) is 1. The van der Waals surface area contributed by atoms with Crippen molar-refractivity contribution in [1.82, 2.24) is 10.2 Å². The number of nitrogens with one attached hydrogen (secondary N) is 1. The van der Waals surface area contributed by atoms with Crippen LogP contribution < -0.4 is 10.1 Å². The molecule has 0 bridgehead atoms. The smallest absolute Gasteiger partial charge is 0.227 e. The van der Waals surface area contributed by atoms with Gasteiger partial charge in [0.15, 0.2) is 0 Å². The lowest BCUT2D eigenvalue weighted by atomic mass is 9.88. The average Bonchev–Trinajstić information content (AvgIpc) is 3.10. The third kappa shape index (κ3) is 4.39. The van der Waals surface area contributed by atoms with Crippen molar-refractivity contribution in [3.8, 4) is 5.75 Å². The Balaban J connectivity index is 0.00000192. The largest absolute Gasteiger partial charge is 0.496 e. The van der Waals surface area contributed by atoms with Crippen LogP contribution in [0.3, 0.4) is 0 Å². The first-order valence-corrected chi connectivity index (χ1v) is 8.41. The topological polar surface area (TPSA) is 41.6 Å². The number of piperidine rings is 1. The van der Waals surface area contributed by atoms with E-state index in [1.54, 1.807) is 7.11 Å². The van der Waals surface area contributed by atoms with Gasteiger partial charge in [-0.3, -0.25) is 4.79 Å². The molecule has 0 radical (unpaired) electrons. The molecule has 1 amide bonds. The number of para-hydroxylation sites is 1. The second kappa shape index (κ2) is 8.55. The highest BCUT2D eigenvalue weighted by molar-refractivity contribution is 5.85. The quantitative estimate of drug-likeness (QED) is 0.917. The first-order chi connectivity index (χ1) is 10.8. The summed E-state index contributed by atoms with van der Waals surface area (Å²) in [5.41, 5.74) is 0.981. The summed E-state index contributed by atoms with van der Waals surface area (Å²) in [6, 6.07) is 8.48.